The van der Waals surface area contributed by atoms with Crippen LogP contribution >= 0.6 is 11.3 Å². The largest absolute Gasteiger partial charge is 0.486 e. The molecular weight excluding hydrogens is 353 g/mol. The third-order valence-corrected chi connectivity index (χ3v) is 4.70. The van der Waals surface area contributed by atoms with Crippen molar-refractivity contribution >= 4 is 27.4 Å². The summed E-state index contributed by atoms with van der Waals surface area (Å²) in [5.74, 6) is -0.528. The van der Waals surface area contributed by atoms with Crippen LogP contribution in [-0.2, 0) is 17.5 Å². The molecule has 130 valence electrons. The molecule has 0 amide bonds. The van der Waals surface area contributed by atoms with E-state index in [9.17, 15) is 18.0 Å². The summed E-state index contributed by atoms with van der Waals surface area (Å²) in [5, 5.41) is 0.246. The van der Waals surface area contributed by atoms with E-state index in [2.05, 4.69) is 0 Å². The van der Waals surface area contributed by atoms with Gasteiger partial charge in [-0.3, -0.25) is 0 Å². The zero-order valence-electron chi connectivity index (χ0n) is 13.1. The second-order valence-electron chi connectivity index (χ2n) is 5.23. The number of fused-ring (bicyclic) bond motifs is 1. The number of rotatable bonds is 4. The molecule has 25 heavy (non-hydrogen) atoms. The molecule has 0 bridgehead atoms. The van der Waals surface area contributed by atoms with Gasteiger partial charge in [0.15, 0.2) is 10.6 Å². The Bertz CT molecular complexity index is 901. The van der Waals surface area contributed by atoms with Crippen molar-refractivity contribution in [2.45, 2.75) is 12.8 Å². The van der Waals surface area contributed by atoms with Crippen LogP contribution in [0.5, 0.6) is 5.75 Å². The van der Waals surface area contributed by atoms with Gasteiger partial charge in [0.25, 0.3) is 0 Å². The molecule has 2 aromatic carbocycles. The maximum Gasteiger partial charge on any atom is 0.416 e. The first-order valence-corrected chi connectivity index (χ1v) is 8.10. The maximum absolute atomic E-state index is 13.0. The van der Waals surface area contributed by atoms with Gasteiger partial charge in [-0.25, -0.2) is 4.79 Å². The van der Waals surface area contributed by atoms with Crippen molar-refractivity contribution in [3.8, 4) is 5.75 Å². The predicted octanol–water partition coefficient (Wildman–Crippen LogP) is 5.29. The number of alkyl halides is 3. The number of thiophene rings is 1. The number of hydrogen-bond acceptors (Lipinski definition) is 4. The highest BCUT2D eigenvalue weighted by Crippen LogP contribution is 2.41. The zero-order chi connectivity index (χ0) is 18.0. The molecule has 0 aliphatic carbocycles. The molecule has 0 radical (unpaired) electrons. The fourth-order valence-electron chi connectivity index (χ4n) is 2.35. The van der Waals surface area contributed by atoms with E-state index in [0.717, 1.165) is 29.0 Å². The molecule has 0 saturated heterocycles. The highest BCUT2D eigenvalue weighted by atomic mass is 32.1. The van der Waals surface area contributed by atoms with E-state index in [1.165, 1.54) is 13.2 Å². The summed E-state index contributed by atoms with van der Waals surface area (Å²) >= 11 is 1.04. The minimum Gasteiger partial charge on any atom is -0.486 e. The van der Waals surface area contributed by atoms with Crippen LogP contribution < -0.4 is 4.74 Å². The van der Waals surface area contributed by atoms with Gasteiger partial charge in [0.1, 0.15) is 6.61 Å². The molecule has 0 fully saturated rings. The van der Waals surface area contributed by atoms with E-state index in [1.54, 1.807) is 0 Å². The average Bonchev–Trinajstić information content (AvgIpc) is 2.97. The number of hydrogen-bond donors (Lipinski definition) is 0. The second-order valence-corrected chi connectivity index (χ2v) is 6.29. The van der Waals surface area contributed by atoms with Gasteiger partial charge in [0.2, 0.25) is 0 Å². The number of methoxy groups -OCH3 is 1. The Kier molecular flexibility index (Phi) is 4.67. The molecular formula is C18H13F3O3S. The van der Waals surface area contributed by atoms with Gasteiger partial charge in [0.05, 0.1) is 12.7 Å². The van der Waals surface area contributed by atoms with Crippen molar-refractivity contribution in [1.29, 1.82) is 0 Å². The minimum atomic E-state index is -4.47. The summed E-state index contributed by atoms with van der Waals surface area (Å²) in [6.45, 7) is 0.132. The maximum atomic E-state index is 13.0. The third-order valence-electron chi connectivity index (χ3n) is 3.57. The van der Waals surface area contributed by atoms with Crippen LogP contribution in [0.2, 0.25) is 0 Å². The summed E-state index contributed by atoms with van der Waals surface area (Å²) in [6, 6.07) is 12.5. The number of esters is 1. The Hall–Kier alpha value is -2.54. The quantitative estimate of drug-likeness (QED) is 0.589. The van der Waals surface area contributed by atoms with E-state index in [-0.39, 0.29) is 22.6 Å². The Balaban J connectivity index is 2.06. The van der Waals surface area contributed by atoms with Gasteiger partial charge in [-0.15, -0.1) is 11.3 Å². The Morgan fingerprint density at radius 1 is 1.12 bits per heavy atom. The SMILES string of the molecule is COC(=O)c1sc2ccc(C(F)(F)F)cc2c1OCc1ccccc1. The van der Waals surface area contributed by atoms with E-state index in [0.29, 0.717) is 4.70 Å². The zero-order valence-corrected chi connectivity index (χ0v) is 13.9. The minimum absolute atomic E-state index is 0.113. The highest BCUT2D eigenvalue weighted by Gasteiger charge is 2.32. The van der Waals surface area contributed by atoms with E-state index >= 15 is 0 Å². The molecule has 3 nitrogen and oxygen atoms in total. The van der Waals surface area contributed by atoms with Crippen molar-refractivity contribution in [2.75, 3.05) is 7.11 Å². The fourth-order valence-corrected chi connectivity index (χ4v) is 3.40. The van der Waals surface area contributed by atoms with Crippen LogP contribution in [0.3, 0.4) is 0 Å². The van der Waals surface area contributed by atoms with Gasteiger partial charge in [0, 0.05) is 10.1 Å². The highest BCUT2D eigenvalue weighted by molar-refractivity contribution is 7.21. The molecule has 0 unspecified atom stereocenters. The summed E-state index contributed by atoms with van der Waals surface area (Å²) in [6.07, 6.45) is -4.47. The van der Waals surface area contributed by atoms with Crippen molar-refractivity contribution < 1.29 is 27.4 Å². The number of carbonyl (C=O) groups excluding carboxylic acids is 1. The van der Waals surface area contributed by atoms with E-state index in [4.69, 9.17) is 9.47 Å². The summed E-state index contributed by atoms with van der Waals surface area (Å²) < 4.78 is 50.0. The Morgan fingerprint density at radius 2 is 1.84 bits per heavy atom. The van der Waals surface area contributed by atoms with Crippen LogP contribution in [0.1, 0.15) is 20.8 Å². The Morgan fingerprint density at radius 3 is 2.48 bits per heavy atom. The molecule has 0 atom stereocenters. The second kappa shape index (κ2) is 6.76. The predicted molar refractivity (Wildman–Crippen MR) is 88.9 cm³/mol. The van der Waals surface area contributed by atoms with Gasteiger partial charge >= 0.3 is 12.1 Å². The van der Waals surface area contributed by atoms with Gasteiger partial charge in [-0.2, -0.15) is 13.2 Å². The monoisotopic (exact) mass is 366 g/mol. The van der Waals surface area contributed by atoms with Gasteiger partial charge in [-0.1, -0.05) is 30.3 Å². The van der Waals surface area contributed by atoms with Crippen LogP contribution in [-0.4, -0.2) is 13.1 Å². The lowest BCUT2D eigenvalue weighted by Crippen LogP contribution is -2.05. The Labute approximate surface area is 145 Å². The lowest BCUT2D eigenvalue weighted by atomic mass is 10.1. The molecule has 3 aromatic rings. The number of benzene rings is 2. The molecule has 7 heteroatoms. The molecule has 1 heterocycles. The molecule has 0 saturated carbocycles. The number of halogens is 3. The normalized spacial score (nSPS) is 11.5. The van der Waals surface area contributed by atoms with Crippen LogP contribution in [0.15, 0.2) is 48.5 Å². The fraction of sp³-hybridized carbons (Fsp3) is 0.167. The average molecular weight is 366 g/mol. The topological polar surface area (TPSA) is 35.5 Å². The lowest BCUT2D eigenvalue weighted by Gasteiger charge is -2.09. The smallest absolute Gasteiger partial charge is 0.416 e. The van der Waals surface area contributed by atoms with Crippen molar-refractivity contribution in [2.24, 2.45) is 0 Å². The first kappa shape index (κ1) is 17.3. The van der Waals surface area contributed by atoms with Gasteiger partial charge in [-0.05, 0) is 23.8 Å². The van der Waals surface area contributed by atoms with E-state index < -0.39 is 17.7 Å². The summed E-state index contributed by atoms with van der Waals surface area (Å²) in [4.78, 5) is 12.1. The summed E-state index contributed by atoms with van der Waals surface area (Å²) in [5.41, 5.74) is 0.0448. The van der Waals surface area contributed by atoms with Crippen molar-refractivity contribution in [3.63, 3.8) is 0 Å². The molecule has 0 aliphatic rings. The molecule has 1 aromatic heterocycles. The molecule has 0 aliphatic heterocycles. The first-order valence-electron chi connectivity index (χ1n) is 7.29. The van der Waals surface area contributed by atoms with Crippen LogP contribution in [0.25, 0.3) is 10.1 Å². The third kappa shape index (κ3) is 3.61. The van der Waals surface area contributed by atoms with Crippen LogP contribution in [0.4, 0.5) is 13.2 Å². The molecule has 3 rings (SSSR count). The summed E-state index contributed by atoms with van der Waals surface area (Å²) in [7, 11) is 1.22. The number of ether oxygens (including phenoxy) is 2. The molecule has 0 spiro atoms. The molecule has 0 N–H and O–H groups in total. The van der Waals surface area contributed by atoms with Crippen molar-refractivity contribution in [1.82, 2.24) is 0 Å². The standard InChI is InChI=1S/C18H13F3O3S/c1-23-17(22)16-15(24-10-11-5-3-2-4-6-11)13-9-12(18(19,20)21)7-8-14(13)25-16/h2-9H,10H2,1H3. The lowest BCUT2D eigenvalue weighted by molar-refractivity contribution is -0.137. The van der Waals surface area contributed by atoms with Crippen LogP contribution in [0, 0.1) is 0 Å². The number of carbonyl (C=O) groups is 1. The first-order chi connectivity index (χ1) is 11.9. The van der Waals surface area contributed by atoms with Crippen molar-refractivity contribution in [3.05, 3.63) is 64.5 Å². The van der Waals surface area contributed by atoms with E-state index in [1.807, 2.05) is 30.3 Å². The van der Waals surface area contributed by atoms with Gasteiger partial charge < -0.3 is 9.47 Å².